The van der Waals surface area contributed by atoms with Crippen molar-refractivity contribution in [2.75, 3.05) is 25.0 Å². The van der Waals surface area contributed by atoms with Crippen LogP contribution in [0.5, 0.6) is 0 Å². The van der Waals surface area contributed by atoms with Crippen LogP contribution in [0, 0.1) is 5.92 Å². The monoisotopic (exact) mass is 641 g/mol. The summed E-state index contributed by atoms with van der Waals surface area (Å²) in [5.74, 6) is -0.807. The van der Waals surface area contributed by atoms with E-state index in [4.69, 9.17) is 0 Å². The van der Waals surface area contributed by atoms with Gasteiger partial charge in [0, 0.05) is 57.4 Å². The predicted molar refractivity (Wildman–Crippen MR) is 181 cm³/mol. The Labute approximate surface area is 276 Å². The van der Waals surface area contributed by atoms with Gasteiger partial charge in [-0.15, -0.1) is 0 Å². The number of hydrogen-bond donors (Lipinski definition) is 4. The molecule has 1 saturated carbocycles. The summed E-state index contributed by atoms with van der Waals surface area (Å²) in [6.45, 7) is 3.61. The van der Waals surface area contributed by atoms with Crippen LogP contribution >= 0.6 is 0 Å². The lowest BCUT2D eigenvalue weighted by Crippen LogP contribution is -2.58. The van der Waals surface area contributed by atoms with Gasteiger partial charge in [-0.25, -0.2) is 0 Å². The lowest BCUT2D eigenvalue weighted by Gasteiger charge is -2.36. The molecular formula is C36H47N7O4. The number of nitrogens with zero attached hydrogens (tertiary/aromatic N) is 3. The number of nitrogens with one attached hydrogen (secondary N) is 4. The molecule has 11 heteroatoms. The molecule has 2 aromatic carbocycles. The highest BCUT2D eigenvalue weighted by molar-refractivity contribution is 6.00. The second-order valence-corrected chi connectivity index (χ2v) is 12.7. The first-order chi connectivity index (χ1) is 22.8. The number of anilines is 1. The van der Waals surface area contributed by atoms with E-state index >= 15 is 0 Å². The smallest absolute Gasteiger partial charge is 0.270 e. The number of piperazine rings is 1. The molecule has 0 bridgehead atoms. The number of benzene rings is 2. The molecule has 2 fully saturated rings. The molecule has 250 valence electrons. The average molecular weight is 642 g/mol. The Kier molecular flexibility index (Phi) is 11.8. The number of amides is 4. The number of carbonyl (C=O) groups excluding carboxylic acids is 4. The van der Waals surface area contributed by atoms with Crippen LogP contribution < -0.4 is 21.3 Å². The van der Waals surface area contributed by atoms with Gasteiger partial charge in [-0.05, 0) is 54.5 Å². The molecule has 0 unspecified atom stereocenters. The second-order valence-electron chi connectivity index (χ2n) is 12.7. The van der Waals surface area contributed by atoms with Crippen LogP contribution in [0.4, 0.5) is 5.69 Å². The zero-order valence-electron chi connectivity index (χ0n) is 27.4. The zero-order chi connectivity index (χ0) is 33.2. The molecule has 0 spiro atoms. The van der Waals surface area contributed by atoms with Gasteiger partial charge in [0.25, 0.3) is 5.91 Å². The van der Waals surface area contributed by atoms with E-state index in [1.54, 1.807) is 38.4 Å². The fourth-order valence-electron chi connectivity index (χ4n) is 6.63. The topological polar surface area (TPSA) is 137 Å². The minimum Gasteiger partial charge on any atom is -0.344 e. The summed E-state index contributed by atoms with van der Waals surface area (Å²) in [5.41, 5.74) is 3.07. The van der Waals surface area contributed by atoms with Crippen molar-refractivity contribution in [2.45, 2.75) is 76.4 Å². The predicted octanol–water partition coefficient (Wildman–Crippen LogP) is 3.22. The average Bonchev–Trinajstić information content (AvgIpc) is 3.54. The number of rotatable bonds is 12. The zero-order valence-corrected chi connectivity index (χ0v) is 27.4. The van der Waals surface area contributed by atoms with Crippen LogP contribution in [0.25, 0.3) is 0 Å². The summed E-state index contributed by atoms with van der Waals surface area (Å²) in [5, 5.41) is 16.5. The quantitative estimate of drug-likeness (QED) is 0.240. The van der Waals surface area contributed by atoms with Crippen molar-refractivity contribution in [3.05, 3.63) is 83.7 Å². The maximum Gasteiger partial charge on any atom is 0.270 e. The molecule has 4 N–H and O–H groups in total. The van der Waals surface area contributed by atoms with Gasteiger partial charge in [0.15, 0.2) is 0 Å². The van der Waals surface area contributed by atoms with Gasteiger partial charge in [0.2, 0.25) is 17.7 Å². The fraction of sp³-hybridized carbons (Fsp3) is 0.472. The van der Waals surface area contributed by atoms with Gasteiger partial charge in [0.1, 0.15) is 17.8 Å². The van der Waals surface area contributed by atoms with Crippen LogP contribution in [0.2, 0.25) is 0 Å². The molecule has 1 aliphatic heterocycles. The van der Waals surface area contributed by atoms with E-state index < -0.39 is 12.1 Å². The highest BCUT2D eigenvalue weighted by atomic mass is 16.2. The third-order valence-corrected chi connectivity index (χ3v) is 9.25. The molecule has 3 aromatic rings. The summed E-state index contributed by atoms with van der Waals surface area (Å²) in [7, 11) is 1.70. The maximum atomic E-state index is 13.8. The van der Waals surface area contributed by atoms with Crippen molar-refractivity contribution >= 4 is 29.3 Å². The standard InChI is InChI=1S/C36H47N7O4/c1-3-32(44)40-30(36(47)43-21-20-37-29(24-43)22-25-10-6-4-7-11-25)23-26-14-16-28(17-15-26)39-35(46)33(27-12-8-5-9-13-27)41-34(45)31-18-19-38-42(31)2/h4,6-7,10-11,14-19,27,29-30,33,37H,3,5,8-9,12-13,20-24H2,1-2H3,(H,39,46)(H,40,44)(H,41,45)/t29-,30+,33-/m0/s1. The summed E-state index contributed by atoms with van der Waals surface area (Å²) < 4.78 is 1.50. The Morgan fingerprint density at radius 1 is 0.936 bits per heavy atom. The molecule has 0 radical (unpaired) electrons. The Balaban J connectivity index is 1.23. The lowest BCUT2D eigenvalue weighted by molar-refractivity contribution is -0.137. The number of aromatic nitrogens is 2. The normalized spacial score (nSPS) is 18.2. The maximum absolute atomic E-state index is 13.8. The van der Waals surface area contributed by atoms with Crippen LogP contribution in [-0.2, 0) is 34.3 Å². The van der Waals surface area contributed by atoms with Crippen LogP contribution in [0.3, 0.4) is 0 Å². The lowest BCUT2D eigenvalue weighted by atomic mass is 9.83. The molecule has 47 heavy (non-hydrogen) atoms. The fourth-order valence-corrected chi connectivity index (χ4v) is 6.63. The highest BCUT2D eigenvalue weighted by Crippen LogP contribution is 2.27. The molecular weight excluding hydrogens is 594 g/mol. The summed E-state index contributed by atoms with van der Waals surface area (Å²) in [6.07, 6.45) is 7.94. The van der Waals surface area contributed by atoms with E-state index in [0.717, 1.165) is 44.1 Å². The van der Waals surface area contributed by atoms with Crippen molar-refractivity contribution in [1.82, 2.24) is 30.6 Å². The van der Waals surface area contributed by atoms with Crippen LogP contribution in [0.1, 0.15) is 67.1 Å². The van der Waals surface area contributed by atoms with E-state index in [-0.39, 0.29) is 42.0 Å². The Bertz CT molecular complexity index is 1500. The van der Waals surface area contributed by atoms with Gasteiger partial charge < -0.3 is 26.2 Å². The van der Waals surface area contributed by atoms with Crippen molar-refractivity contribution < 1.29 is 19.2 Å². The molecule has 11 nitrogen and oxygen atoms in total. The summed E-state index contributed by atoms with van der Waals surface area (Å²) in [4.78, 5) is 54.7. The third-order valence-electron chi connectivity index (χ3n) is 9.25. The van der Waals surface area contributed by atoms with E-state index in [2.05, 4.69) is 38.5 Å². The van der Waals surface area contributed by atoms with Gasteiger partial charge in [0.05, 0.1) is 0 Å². The largest absolute Gasteiger partial charge is 0.344 e. The van der Waals surface area contributed by atoms with Crippen molar-refractivity contribution in [1.29, 1.82) is 0 Å². The first kappa shape index (κ1) is 33.8. The van der Waals surface area contributed by atoms with E-state index in [0.29, 0.717) is 37.4 Å². The minimum atomic E-state index is -0.698. The molecule has 5 rings (SSSR count). The molecule has 1 aromatic heterocycles. The van der Waals surface area contributed by atoms with Crippen LogP contribution in [-0.4, -0.2) is 76.1 Å². The first-order valence-electron chi connectivity index (χ1n) is 16.8. The molecule has 4 amide bonds. The summed E-state index contributed by atoms with van der Waals surface area (Å²) >= 11 is 0. The second kappa shape index (κ2) is 16.4. The minimum absolute atomic E-state index is 0.0476. The van der Waals surface area contributed by atoms with Gasteiger partial charge >= 0.3 is 0 Å². The van der Waals surface area contributed by atoms with E-state index in [1.807, 2.05) is 35.2 Å². The number of carbonyl (C=O) groups is 4. The SMILES string of the molecule is CCC(=O)N[C@H](Cc1ccc(NC(=O)[C@@H](NC(=O)c2ccnn2C)C2CCCCC2)cc1)C(=O)N1CCN[C@@H](Cc2ccccc2)C1. The Hall–Kier alpha value is -4.51. The van der Waals surface area contributed by atoms with Crippen molar-refractivity contribution in [3.63, 3.8) is 0 Å². The van der Waals surface area contributed by atoms with Crippen molar-refractivity contribution in [2.24, 2.45) is 13.0 Å². The summed E-state index contributed by atoms with van der Waals surface area (Å²) in [6, 6.07) is 18.0. The van der Waals surface area contributed by atoms with E-state index in [1.165, 1.54) is 10.2 Å². The van der Waals surface area contributed by atoms with Crippen molar-refractivity contribution in [3.8, 4) is 0 Å². The van der Waals surface area contributed by atoms with E-state index in [9.17, 15) is 19.2 Å². The molecule has 1 saturated heterocycles. The molecule has 3 atom stereocenters. The molecule has 2 aliphatic rings. The number of hydrogen-bond acceptors (Lipinski definition) is 6. The Morgan fingerprint density at radius 3 is 2.36 bits per heavy atom. The molecule has 2 heterocycles. The number of aryl methyl sites for hydroxylation is 1. The highest BCUT2D eigenvalue weighted by Gasteiger charge is 2.33. The Morgan fingerprint density at radius 2 is 1.68 bits per heavy atom. The van der Waals surface area contributed by atoms with Gasteiger partial charge in [-0.3, -0.25) is 23.9 Å². The van der Waals surface area contributed by atoms with Gasteiger partial charge in [-0.1, -0.05) is 68.7 Å². The third kappa shape index (κ3) is 9.28. The van der Waals surface area contributed by atoms with Crippen LogP contribution in [0.15, 0.2) is 66.9 Å². The molecule has 1 aliphatic carbocycles. The first-order valence-corrected chi connectivity index (χ1v) is 16.8. The van der Waals surface area contributed by atoms with Gasteiger partial charge in [-0.2, -0.15) is 5.10 Å².